The largest absolute Gasteiger partial charge is 0.496 e. The first kappa shape index (κ1) is 14.8. The monoisotopic (exact) mass is 289 g/mol. The second kappa shape index (κ2) is 6.34. The Kier molecular flexibility index (Phi) is 4.48. The standard InChI is InChI=1S/C17H27N3O/c1-19-15-5-6-16(19)12-20(8-7-15)11-13-3-4-14(10-18)17(9-13)21-2/h3-4,9,15-16H,5-8,10-12,18H2,1-2H3. The molecule has 0 radical (unpaired) electrons. The number of likely N-dealkylation sites (tertiary alicyclic amines) is 1. The summed E-state index contributed by atoms with van der Waals surface area (Å²) < 4.78 is 5.45. The number of hydrogen-bond donors (Lipinski definition) is 1. The van der Waals surface area contributed by atoms with E-state index in [0.29, 0.717) is 6.54 Å². The zero-order valence-corrected chi connectivity index (χ0v) is 13.2. The molecule has 21 heavy (non-hydrogen) atoms. The summed E-state index contributed by atoms with van der Waals surface area (Å²) in [7, 11) is 4.02. The van der Waals surface area contributed by atoms with Crippen LogP contribution < -0.4 is 10.5 Å². The van der Waals surface area contributed by atoms with E-state index < -0.39 is 0 Å². The zero-order chi connectivity index (χ0) is 14.8. The normalized spacial score (nSPS) is 26.8. The molecule has 2 N–H and O–H groups in total. The molecule has 0 amide bonds. The van der Waals surface area contributed by atoms with Crippen molar-refractivity contribution < 1.29 is 4.74 Å². The molecule has 1 aromatic rings. The molecule has 4 heteroatoms. The van der Waals surface area contributed by atoms with E-state index in [2.05, 4.69) is 35.0 Å². The van der Waals surface area contributed by atoms with Crippen molar-refractivity contribution in [3.8, 4) is 5.75 Å². The summed E-state index contributed by atoms with van der Waals surface area (Å²) in [4.78, 5) is 5.19. The fourth-order valence-electron chi connectivity index (χ4n) is 3.84. The Balaban J connectivity index is 1.69. The Morgan fingerprint density at radius 3 is 2.81 bits per heavy atom. The molecule has 2 atom stereocenters. The van der Waals surface area contributed by atoms with Gasteiger partial charge >= 0.3 is 0 Å². The summed E-state index contributed by atoms with van der Waals surface area (Å²) >= 11 is 0. The Labute approximate surface area is 127 Å². The van der Waals surface area contributed by atoms with Crippen molar-refractivity contribution in [3.05, 3.63) is 29.3 Å². The van der Waals surface area contributed by atoms with Gasteiger partial charge in [-0.2, -0.15) is 0 Å². The van der Waals surface area contributed by atoms with Gasteiger partial charge in [-0.3, -0.25) is 9.80 Å². The highest BCUT2D eigenvalue weighted by Gasteiger charge is 2.34. The Bertz CT molecular complexity index is 491. The summed E-state index contributed by atoms with van der Waals surface area (Å²) in [5.41, 5.74) is 8.14. The van der Waals surface area contributed by atoms with Crippen LogP contribution in [0.4, 0.5) is 0 Å². The maximum atomic E-state index is 5.74. The van der Waals surface area contributed by atoms with Crippen LogP contribution in [0.15, 0.2) is 18.2 Å². The summed E-state index contributed by atoms with van der Waals surface area (Å²) in [6.07, 6.45) is 4.03. The first-order chi connectivity index (χ1) is 10.2. The summed E-state index contributed by atoms with van der Waals surface area (Å²) in [6, 6.07) is 7.98. The molecular weight excluding hydrogens is 262 g/mol. The van der Waals surface area contributed by atoms with Gasteiger partial charge in [0.05, 0.1) is 7.11 Å². The first-order valence-corrected chi connectivity index (χ1v) is 8.01. The van der Waals surface area contributed by atoms with E-state index in [1.807, 2.05) is 0 Å². The number of hydrogen-bond acceptors (Lipinski definition) is 4. The second-order valence-corrected chi connectivity index (χ2v) is 6.42. The van der Waals surface area contributed by atoms with Crippen molar-refractivity contribution >= 4 is 0 Å². The molecule has 116 valence electrons. The van der Waals surface area contributed by atoms with Gasteiger partial charge < -0.3 is 10.5 Å². The van der Waals surface area contributed by atoms with Crippen LogP contribution in [0, 0.1) is 0 Å². The fraction of sp³-hybridized carbons (Fsp3) is 0.647. The SMILES string of the molecule is COc1cc(CN2CCC3CCC(C2)N3C)ccc1CN. The van der Waals surface area contributed by atoms with E-state index in [0.717, 1.165) is 29.9 Å². The van der Waals surface area contributed by atoms with Crippen molar-refractivity contribution in [2.24, 2.45) is 5.73 Å². The Morgan fingerprint density at radius 2 is 2.05 bits per heavy atom. The van der Waals surface area contributed by atoms with E-state index in [4.69, 9.17) is 10.5 Å². The zero-order valence-electron chi connectivity index (χ0n) is 13.2. The minimum absolute atomic E-state index is 0.529. The number of nitrogens with two attached hydrogens (primary N) is 1. The molecule has 2 saturated heterocycles. The lowest BCUT2D eigenvalue weighted by molar-refractivity contribution is 0.214. The third-order valence-corrected chi connectivity index (χ3v) is 5.21. The van der Waals surface area contributed by atoms with Crippen LogP contribution in [0.3, 0.4) is 0 Å². The molecule has 2 fully saturated rings. The predicted molar refractivity (Wildman–Crippen MR) is 85.4 cm³/mol. The molecule has 0 aliphatic carbocycles. The quantitative estimate of drug-likeness (QED) is 0.918. The van der Waals surface area contributed by atoms with Gasteiger partial charge in [-0.05, 0) is 37.9 Å². The molecule has 1 aromatic carbocycles. The second-order valence-electron chi connectivity index (χ2n) is 6.42. The number of fused-ring (bicyclic) bond motifs is 2. The van der Waals surface area contributed by atoms with E-state index in [9.17, 15) is 0 Å². The van der Waals surface area contributed by atoms with Crippen molar-refractivity contribution in [1.29, 1.82) is 0 Å². The Morgan fingerprint density at radius 1 is 1.24 bits per heavy atom. The van der Waals surface area contributed by atoms with Gasteiger partial charge in [-0.1, -0.05) is 12.1 Å². The van der Waals surface area contributed by atoms with Crippen molar-refractivity contribution in [2.45, 2.75) is 44.4 Å². The van der Waals surface area contributed by atoms with Crippen molar-refractivity contribution in [1.82, 2.24) is 9.80 Å². The van der Waals surface area contributed by atoms with Gasteiger partial charge in [-0.25, -0.2) is 0 Å². The lowest BCUT2D eigenvalue weighted by Gasteiger charge is -2.26. The Hall–Kier alpha value is -1.10. The molecule has 0 saturated carbocycles. The van der Waals surface area contributed by atoms with Gasteiger partial charge in [0.15, 0.2) is 0 Å². The fourth-order valence-corrected chi connectivity index (χ4v) is 3.84. The maximum absolute atomic E-state index is 5.74. The molecule has 2 bridgehead atoms. The number of likely N-dealkylation sites (N-methyl/N-ethyl adjacent to an activating group) is 1. The minimum atomic E-state index is 0.529. The van der Waals surface area contributed by atoms with Gasteiger partial charge in [0.1, 0.15) is 5.75 Å². The topological polar surface area (TPSA) is 41.7 Å². The van der Waals surface area contributed by atoms with E-state index in [-0.39, 0.29) is 0 Å². The highest BCUT2D eigenvalue weighted by atomic mass is 16.5. The average molecular weight is 289 g/mol. The molecule has 2 aliphatic rings. The molecule has 0 aromatic heterocycles. The number of rotatable bonds is 4. The van der Waals surface area contributed by atoms with Crippen LogP contribution in [0.1, 0.15) is 30.4 Å². The molecule has 2 heterocycles. The molecule has 3 rings (SSSR count). The van der Waals surface area contributed by atoms with Crippen LogP contribution in [0.5, 0.6) is 5.75 Å². The van der Waals surface area contributed by atoms with Crippen molar-refractivity contribution in [3.63, 3.8) is 0 Å². The number of ether oxygens (including phenoxy) is 1. The third-order valence-electron chi connectivity index (χ3n) is 5.21. The van der Waals surface area contributed by atoms with Gasteiger partial charge in [0.2, 0.25) is 0 Å². The van der Waals surface area contributed by atoms with Crippen LogP contribution in [0.25, 0.3) is 0 Å². The molecule has 4 nitrogen and oxygen atoms in total. The van der Waals surface area contributed by atoms with Gasteiger partial charge in [-0.15, -0.1) is 0 Å². The summed E-state index contributed by atoms with van der Waals surface area (Å²) in [5.74, 6) is 0.920. The third kappa shape index (κ3) is 3.07. The lowest BCUT2D eigenvalue weighted by Crippen LogP contribution is -2.36. The van der Waals surface area contributed by atoms with E-state index >= 15 is 0 Å². The maximum Gasteiger partial charge on any atom is 0.123 e. The van der Waals surface area contributed by atoms with Crippen LogP contribution in [0.2, 0.25) is 0 Å². The van der Waals surface area contributed by atoms with Crippen LogP contribution >= 0.6 is 0 Å². The molecule has 0 spiro atoms. The van der Waals surface area contributed by atoms with Gasteiger partial charge in [0, 0.05) is 43.8 Å². The highest BCUT2D eigenvalue weighted by molar-refractivity contribution is 5.37. The van der Waals surface area contributed by atoms with E-state index in [1.54, 1.807) is 7.11 Å². The summed E-state index contributed by atoms with van der Waals surface area (Å²) in [6.45, 7) is 3.93. The highest BCUT2D eigenvalue weighted by Crippen LogP contribution is 2.29. The van der Waals surface area contributed by atoms with E-state index in [1.165, 1.54) is 37.9 Å². The smallest absolute Gasteiger partial charge is 0.123 e. The van der Waals surface area contributed by atoms with Crippen LogP contribution in [-0.4, -0.2) is 49.1 Å². The van der Waals surface area contributed by atoms with Crippen molar-refractivity contribution in [2.75, 3.05) is 27.2 Å². The van der Waals surface area contributed by atoms with Crippen LogP contribution in [-0.2, 0) is 13.1 Å². The molecular formula is C17H27N3O. The predicted octanol–water partition coefficient (Wildman–Crippen LogP) is 1.82. The summed E-state index contributed by atoms with van der Waals surface area (Å²) in [5, 5.41) is 0. The minimum Gasteiger partial charge on any atom is -0.496 e. The average Bonchev–Trinajstić information content (AvgIpc) is 2.75. The number of benzene rings is 1. The first-order valence-electron chi connectivity index (χ1n) is 8.01. The molecule has 2 unspecified atom stereocenters. The number of nitrogens with zero attached hydrogens (tertiary/aromatic N) is 2. The lowest BCUT2D eigenvalue weighted by atomic mass is 10.1. The van der Waals surface area contributed by atoms with Gasteiger partial charge in [0.25, 0.3) is 0 Å². The number of methoxy groups -OCH3 is 1. The molecule has 2 aliphatic heterocycles.